The molecule has 1 unspecified atom stereocenters. The number of carbonyl (C=O) groups is 1. The van der Waals surface area contributed by atoms with E-state index in [0.717, 1.165) is 24.3 Å². The van der Waals surface area contributed by atoms with E-state index in [-0.39, 0.29) is 12.0 Å². The molecule has 0 bridgehead atoms. The molecule has 1 N–H and O–H groups in total. The SMILES string of the molecule is CCCNC(C)c1ccccc1OCCCC(=O)OC. The number of ether oxygens (including phenoxy) is 2. The highest BCUT2D eigenvalue weighted by Crippen LogP contribution is 2.24. The largest absolute Gasteiger partial charge is 0.493 e. The molecule has 1 rings (SSSR count). The van der Waals surface area contributed by atoms with Gasteiger partial charge in [0.25, 0.3) is 0 Å². The summed E-state index contributed by atoms with van der Waals surface area (Å²) in [6, 6.07) is 8.28. The van der Waals surface area contributed by atoms with Gasteiger partial charge in [-0.05, 0) is 32.4 Å². The van der Waals surface area contributed by atoms with Gasteiger partial charge >= 0.3 is 5.97 Å². The van der Waals surface area contributed by atoms with Crippen LogP contribution in [0.25, 0.3) is 0 Å². The second-order valence-electron chi connectivity index (χ2n) is 4.74. The molecular weight excluding hydrogens is 254 g/mol. The molecule has 4 nitrogen and oxygen atoms in total. The predicted octanol–water partition coefficient (Wildman–Crippen LogP) is 3.08. The molecule has 0 fully saturated rings. The van der Waals surface area contributed by atoms with Gasteiger partial charge < -0.3 is 14.8 Å². The molecular formula is C16H25NO3. The van der Waals surface area contributed by atoms with Crippen LogP contribution in [0.4, 0.5) is 0 Å². The molecule has 0 aliphatic heterocycles. The van der Waals surface area contributed by atoms with Gasteiger partial charge in [0.15, 0.2) is 0 Å². The van der Waals surface area contributed by atoms with Crippen molar-refractivity contribution in [1.29, 1.82) is 0 Å². The third-order valence-corrected chi connectivity index (χ3v) is 3.10. The Labute approximate surface area is 121 Å². The molecule has 0 heterocycles. The first-order valence-electron chi connectivity index (χ1n) is 7.21. The van der Waals surface area contributed by atoms with E-state index >= 15 is 0 Å². The number of para-hydroxylation sites is 1. The van der Waals surface area contributed by atoms with Crippen molar-refractivity contribution in [2.45, 2.75) is 39.2 Å². The summed E-state index contributed by atoms with van der Waals surface area (Å²) in [6.07, 6.45) is 2.16. The summed E-state index contributed by atoms with van der Waals surface area (Å²) in [4.78, 5) is 11.0. The van der Waals surface area contributed by atoms with Crippen LogP contribution >= 0.6 is 0 Å². The molecule has 0 aliphatic rings. The van der Waals surface area contributed by atoms with Gasteiger partial charge in [0.2, 0.25) is 0 Å². The van der Waals surface area contributed by atoms with Crippen LogP contribution in [0.3, 0.4) is 0 Å². The van der Waals surface area contributed by atoms with E-state index in [2.05, 4.69) is 30.0 Å². The Bertz CT molecular complexity index is 406. The molecule has 0 saturated heterocycles. The molecule has 0 saturated carbocycles. The van der Waals surface area contributed by atoms with Crippen LogP contribution in [-0.4, -0.2) is 26.2 Å². The third kappa shape index (κ3) is 5.61. The maximum atomic E-state index is 11.0. The Balaban J connectivity index is 2.50. The van der Waals surface area contributed by atoms with E-state index < -0.39 is 0 Å². The number of hydrogen-bond donors (Lipinski definition) is 1. The Kier molecular flexibility index (Phi) is 7.73. The minimum Gasteiger partial charge on any atom is -0.493 e. The number of methoxy groups -OCH3 is 1. The van der Waals surface area contributed by atoms with E-state index in [1.807, 2.05) is 18.2 Å². The van der Waals surface area contributed by atoms with Crippen LogP contribution < -0.4 is 10.1 Å². The van der Waals surface area contributed by atoms with Gasteiger partial charge in [0, 0.05) is 18.0 Å². The normalized spacial score (nSPS) is 11.9. The Morgan fingerprint density at radius 2 is 2.10 bits per heavy atom. The first-order chi connectivity index (χ1) is 9.69. The van der Waals surface area contributed by atoms with Gasteiger partial charge in [-0.2, -0.15) is 0 Å². The molecule has 0 aliphatic carbocycles. The van der Waals surface area contributed by atoms with Gasteiger partial charge in [-0.25, -0.2) is 0 Å². The number of carbonyl (C=O) groups excluding carboxylic acids is 1. The second-order valence-corrected chi connectivity index (χ2v) is 4.74. The lowest BCUT2D eigenvalue weighted by Crippen LogP contribution is -2.20. The summed E-state index contributed by atoms with van der Waals surface area (Å²) < 4.78 is 10.4. The molecule has 20 heavy (non-hydrogen) atoms. The van der Waals surface area contributed by atoms with Crippen molar-refractivity contribution in [3.05, 3.63) is 29.8 Å². The zero-order chi connectivity index (χ0) is 14.8. The topological polar surface area (TPSA) is 47.6 Å². The van der Waals surface area contributed by atoms with Crippen molar-refractivity contribution < 1.29 is 14.3 Å². The monoisotopic (exact) mass is 279 g/mol. The zero-order valence-electron chi connectivity index (χ0n) is 12.6. The number of nitrogens with one attached hydrogen (secondary N) is 1. The van der Waals surface area contributed by atoms with E-state index in [1.54, 1.807) is 0 Å². The maximum Gasteiger partial charge on any atom is 0.305 e. The highest BCUT2D eigenvalue weighted by molar-refractivity contribution is 5.69. The predicted molar refractivity (Wildman–Crippen MR) is 79.9 cm³/mol. The highest BCUT2D eigenvalue weighted by Gasteiger charge is 2.10. The fourth-order valence-electron chi connectivity index (χ4n) is 1.94. The van der Waals surface area contributed by atoms with E-state index in [4.69, 9.17) is 4.74 Å². The van der Waals surface area contributed by atoms with Crippen molar-refractivity contribution in [1.82, 2.24) is 5.32 Å². The average Bonchev–Trinajstić information content (AvgIpc) is 2.49. The zero-order valence-corrected chi connectivity index (χ0v) is 12.6. The van der Waals surface area contributed by atoms with Gasteiger partial charge in [0.05, 0.1) is 13.7 Å². The average molecular weight is 279 g/mol. The van der Waals surface area contributed by atoms with Crippen LogP contribution in [0.2, 0.25) is 0 Å². The van der Waals surface area contributed by atoms with Crippen molar-refractivity contribution in [3.8, 4) is 5.75 Å². The number of esters is 1. The van der Waals surface area contributed by atoms with Crippen LogP contribution in [0.15, 0.2) is 24.3 Å². The van der Waals surface area contributed by atoms with Crippen LogP contribution in [0, 0.1) is 0 Å². The van der Waals surface area contributed by atoms with Crippen LogP contribution in [0.5, 0.6) is 5.75 Å². The smallest absolute Gasteiger partial charge is 0.305 e. The van der Waals surface area contributed by atoms with E-state index in [0.29, 0.717) is 19.4 Å². The Morgan fingerprint density at radius 1 is 1.35 bits per heavy atom. The minimum atomic E-state index is -0.195. The fourth-order valence-corrected chi connectivity index (χ4v) is 1.94. The quantitative estimate of drug-likeness (QED) is 0.557. The number of benzene rings is 1. The molecule has 1 aromatic carbocycles. The number of hydrogen-bond acceptors (Lipinski definition) is 4. The van der Waals surface area contributed by atoms with Gasteiger partial charge in [0.1, 0.15) is 5.75 Å². The molecule has 0 radical (unpaired) electrons. The molecule has 0 spiro atoms. The molecule has 1 aromatic rings. The lowest BCUT2D eigenvalue weighted by atomic mass is 10.1. The first-order valence-corrected chi connectivity index (χ1v) is 7.21. The fraction of sp³-hybridized carbons (Fsp3) is 0.562. The van der Waals surface area contributed by atoms with Gasteiger partial charge in [-0.1, -0.05) is 25.1 Å². The lowest BCUT2D eigenvalue weighted by molar-refractivity contribution is -0.140. The summed E-state index contributed by atoms with van der Waals surface area (Å²) in [6.45, 7) is 5.78. The molecule has 0 amide bonds. The van der Waals surface area contributed by atoms with Crippen LogP contribution in [0.1, 0.15) is 44.7 Å². The van der Waals surface area contributed by atoms with E-state index in [1.165, 1.54) is 7.11 Å². The molecule has 112 valence electrons. The Hall–Kier alpha value is -1.55. The minimum absolute atomic E-state index is 0.195. The molecule has 0 aromatic heterocycles. The van der Waals surface area contributed by atoms with E-state index in [9.17, 15) is 4.79 Å². The second kappa shape index (κ2) is 9.37. The summed E-state index contributed by atoms with van der Waals surface area (Å²) in [5, 5.41) is 3.45. The molecule has 4 heteroatoms. The van der Waals surface area contributed by atoms with Crippen molar-refractivity contribution in [3.63, 3.8) is 0 Å². The van der Waals surface area contributed by atoms with Gasteiger partial charge in [-0.15, -0.1) is 0 Å². The van der Waals surface area contributed by atoms with Crippen LogP contribution in [-0.2, 0) is 9.53 Å². The number of rotatable bonds is 9. The van der Waals surface area contributed by atoms with Crippen molar-refractivity contribution in [2.24, 2.45) is 0 Å². The van der Waals surface area contributed by atoms with Crippen molar-refractivity contribution in [2.75, 3.05) is 20.3 Å². The summed E-state index contributed by atoms with van der Waals surface area (Å²) in [5.74, 6) is 0.688. The summed E-state index contributed by atoms with van der Waals surface area (Å²) >= 11 is 0. The third-order valence-electron chi connectivity index (χ3n) is 3.10. The van der Waals surface area contributed by atoms with Crippen molar-refractivity contribution >= 4 is 5.97 Å². The Morgan fingerprint density at radius 3 is 2.80 bits per heavy atom. The van der Waals surface area contributed by atoms with Gasteiger partial charge in [-0.3, -0.25) is 4.79 Å². The first kappa shape index (κ1) is 16.5. The summed E-state index contributed by atoms with van der Waals surface area (Å²) in [7, 11) is 1.40. The lowest BCUT2D eigenvalue weighted by Gasteiger charge is -2.18. The maximum absolute atomic E-state index is 11.0. The highest BCUT2D eigenvalue weighted by atomic mass is 16.5. The summed E-state index contributed by atoms with van der Waals surface area (Å²) in [5.41, 5.74) is 1.15. The molecule has 1 atom stereocenters. The standard InChI is InChI=1S/C16H25NO3/c1-4-11-17-13(2)14-8-5-6-9-15(14)20-12-7-10-16(18)19-3/h5-6,8-9,13,17H,4,7,10-12H2,1-3H3.